The van der Waals surface area contributed by atoms with E-state index in [0.717, 1.165) is 16.5 Å². The molecule has 2 amide bonds. The largest absolute Gasteiger partial charge is 0.495 e. The molecule has 0 aliphatic carbocycles. The molecule has 28 heavy (non-hydrogen) atoms. The van der Waals surface area contributed by atoms with E-state index in [4.69, 9.17) is 21.1 Å². The summed E-state index contributed by atoms with van der Waals surface area (Å²) in [6.07, 6.45) is 0. The maximum atomic E-state index is 12.0. The van der Waals surface area contributed by atoms with Gasteiger partial charge in [-0.05, 0) is 29.7 Å². The van der Waals surface area contributed by atoms with Gasteiger partial charge in [-0.2, -0.15) is 0 Å². The number of nitrogens with one attached hydrogen (secondary N) is 2. The van der Waals surface area contributed by atoms with E-state index in [-0.39, 0.29) is 13.2 Å². The Morgan fingerprint density at radius 2 is 1.86 bits per heavy atom. The number of fused-ring (bicyclic) bond motifs is 1. The molecule has 0 aliphatic heterocycles. The molecule has 0 spiro atoms. The summed E-state index contributed by atoms with van der Waals surface area (Å²) in [6.45, 7) is 0.424. The maximum Gasteiger partial charge on any atom is 0.320 e. The van der Waals surface area contributed by atoms with E-state index in [9.17, 15) is 4.79 Å². The quantitative estimate of drug-likeness (QED) is 0.616. The van der Waals surface area contributed by atoms with Gasteiger partial charge in [0.05, 0.1) is 19.3 Å². The van der Waals surface area contributed by atoms with Gasteiger partial charge in [-0.1, -0.05) is 59.8 Å². The number of ether oxygens (including phenoxy) is 2. The zero-order chi connectivity index (χ0) is 19.8. The number of carbonyl (C=O) groups excluding carboxylic acids is 1. The molecule has 0 aromatic heterocycles. The summed E-state index contributed by atoms with van der Waals surface area (Å²) in [4.78, 5) is 12.0. The molecule has 0 radical (unpaired) electrons. The molecular weight excluding hydrogens is 376 g/mol. The zero-order valence-corrected chi connectivity index (χ0v) is 16.0. The van der Waals surface area contributed by atoms with E-state index in [1.54, 1.807) is 18.2 Å². The third-order valence-corrected chi connectivity index (χ3v) is 4.16. The Kier molecular flexibility index (Phi) is 6.61. The topological polar surface area (TPSA) is 59.6 Å². The van der Waals surface area contributed by atoms with Crippen LogP contribution in [0, 0.1) is 11.8 Å². The fourth-order valence-electron chi connectivity index (χ4n) is 2.62. The molecule has 0 unspecified atom stereocenters. The van der Waals surface area contributed by atoms with E-state index in [0.29, 0.717) is 16.5 Å². The Labute approximate surface area is 168 Å². The van der Waals surface area contributed by atoms with Crippen LogP contribution in [0.5, 0.6) is 11.5 Å². The van der Waals surface area contributed by atoms with Gasteiger partial charge in [0, 0.05) is 10.4 Å². The van der Waals surface area contributed by atoms with E-state index < -0.39 is 6.03 Å². The minimum Gasteiger partial charge on any atom is -0.495 e. The lowest BCUT2D eigenvalue weighted by atomic mass is 10.1. The SMILES string of the molecule is COc1ccc(Cl)cc1NC(=O)NCC#CCOc1cccc2ccccc12. The Bertz CT molecular complexity index is 1040. The number of hydrogen-bond acceptors (Lipinski definition) is 3. The highest BCUT2D eigenvalue weighted by Gasteiger charge is 2.07. The highest BCUT2D eigenvalue weighted by molar-refractivity contribution is 6.31. The van der Waals surface area contributed by atoms with Crippen LogP contribution < -0.4 is 20.1 Å². The number of amides is 2. The monoisotopic (exact) mass is 394 g/mol. The van der Waals surface area contributed by atoms with Crippen molar-refractivity contribution in [2.45, 2.75) is 0 Å². The normalized spacial score (nSPS) is 9.93. The molecule has 0 atom stereocenters. The van der Waals surface area contributed by atoms with Gasteiger partial charge in [0.2, 0.25) is 0 Å². The lowest BCUT2D eigenvalue weighted by molar-refractivity contribution is 0.253. The summed E-state index contributed by atoms with van der Waals surface area (Å²) in [5.41, 5.74) is 0.486. The highest BCUT2D eigenvalue weighted by atomic mass is 35.5. The van der Waals surface area contributed by atoms with Crippen molar-refractivity contribution in [2.24, 2.45) is 0 Å². The van der Waals surface area contributed by atoms with Gasteiger partial charge in [-0.25, -0.2) is 4.79 Å². The van der Waals surface area contributed by atoms with Crippen LogP contribution in [0.25, 0.3) is 10.8 Å². The molecule has 6 heteroatoms. The molecule has 0 fully saturated rings. The van der Waals surface area contributed by atoms with Crippen LogP contribution in [-0.4, -0.2) is 26.3 Å². The van der Waals surface area contributed by atoms with Crippen molar-refractivity contribution in [1.29, 1.82) is 0 Å². The number of urea groups is 1. The third kappa shape index (κ3) is 5.09. The Morgan fingerprint density at radius 1 is 1.04 bits per heavy atom. The molecular formula is C22H19ClN2O3. The number of methoxy groups -OCH3 is 1. The van der Waals surface area contributed by atoms with Crippen LogP contribution in [0.4, 0.5) is 10.5 Å². The van der Waals surface area contributed by atoms with Crippen molar-refractivity contribution >= 4 is 34.1 Å². The fourth-order valence-corrected chi connectivity index (χ4v) is 2.79. The standard InChI is InChI=1S/C22H19ClN2O3/c1-27-21-12-11-17(23)15-19(21)25-22(26)24-13-4-5-14-28-20-10-6-8-16-7-2-3-9-18(16)20/h2-3,6-12,15H,13-14H2,1H3,(H2,24,25,26). The minimum atomic E-state index is -0.398. The summed E-state index contributed by atoms with van der Waals surface area (Å²) in [5.74, 6) is 7.05. The summed E-state index contributed by atoms with van der Waals surface area (Å²) in [6, 6.07) is 18.5. The molecule has 0 bridgehead atoms. The molecule has 142 valence electrons. The summed E-state index contributed by atoms with van der Waals surface area (Å²) < 4.78 is 10.9. The maximum absolute atomic E-state index is 12.0. The molecule has 0 aliphatic rings. The van der Waals surface area contributed by atoms with Crippen molar-refractivity contribution < 1.29 is 14.3 Å². The van der Waals surface area contributed by atoms with E-state index in [1.807, 2.05) is 42.5 Å². The van der Waals surface area contributed by atoms with Gasteiger partial charge in [-0.15, -0.1) is 0 Å². The predicted molar refractivity (Wildman–Crippen MR) is 112 cm³/mol. The average molecular weight is 395 g/mol. The number of halogens is 1. The predicted octanol–water partition coefficient (Wildman–Crippen LogP) is 4.71. The van der Waals surface area contributed by atoms with Gasteiger partial charge in [0.15, 0.2) is 0 Å². The van der Waals surface area contributed by atoms with Gasteiger partial charge in [0.25, 0.3) is 0 Å². The minimum absolute atomic E-state index is 0.188. The second-order valence-electron chi connectivity index (χ2n) is 5.77. The first-order valence-corrected chi connectivity index (χ1v) is 9.00. The zero-order valence-electron chi connectivity index (χ0n) is 15.3. The van der Waals surface area contributed by atoms with Crippen molar-refractivity contribution in [3.63, 3.8) is 0 Å². The average Bonchev–Trinajstić information content (AvgIpc) is 2.71. The van der Waals surface area contributed by atoms with Crippen LogP contribution in [0.15, 0.2) is 60.7 Å². The number of anilines is 1. The first kappa shape index (κ1) is 19.4. The summed E-state index contributed by atoms with van der Waals surface area (Å²) in [5, 5.41) is 7.99. The Hall–Kier alpha value is -3.36. The number of carbonyl (C=O) groups is 1. The first-order valence-electron chi connectivity index (χ1n) is 8.62. The van der Waals surface area contributed by atoms with Gasteiger partial charge >= 0.3 is 6.03 Å². The molecule has 3 aromatic rings. The molecule has 3 aromatic carbocycles. The van der Waals surface area contributed by atoms with Crippen molar-refractivity contribution in [3.8, 4) is 23.3 Å². The lowest BCUT2D eigenvalue weighted by Crippen LogP contribution is -2.29. The summed E-state index contributed by atoms with van der Waals surface area (Å²) in [7, 11) is 1.52. The fraction of sp³-hybridized carbons (Fsp3) is 0.136. The number of rotatable bonds is 5. The highest BCUT2D eigenvalue weighted by Crippen LogP contribution is 2.27. The molecule has 0 saturated heterocycles. The molecule has 0 heterocycles. The van der Waals surface area contributed by atoms with E-state index in [2.05, 4.69) is 22.5 Å². The molecule has 5 nitrogen and oxygen atoms in total. The Balaban J connectivity index is 1.48. The van der Waals surface area contributed by atoms with Crippen LogP contribution >= 0.6 is 11.6 Å². The van der Waals surface area contributed by atoms with Crippen LogP contribution in [0.1, 0.15) is 0 Å². The number of benzene rings is 3. The first-order chi connectivity index (χ1) is 13.7. The summed E-state index contributed by atoms with van der Waals surface area (Å²) >= 11 is 5.94. The smallest absolute Gasteiger partial charge is 0.320 e. The third-order valence-electron chi connectivity index (χ3n) is 3.92. The van der Waals surface area contributed by atoms with Crippen LogP contribution in [0.2, 0.25) is 5.02 Å². The molecule has 3 rings (SSSR count). The van der Waals surface area contributed by atoms with E-state index in [1.165, 1.54) is 7.11 Å². The molecule has 0 saturated carbocycles. The van der Waals surface area contributed by atoms with Crippen molar-refractivity contribution in [2.75, 3.05) is 25.6 Å². The van der Waals surface area contributed by atoms with Gasteiger partial charge < -0.3 is 20.1 Å². The number of hydrogen-bond donors (Lipinski definition) is 2. The van der Waals surface area contributed by atoms with Crippen LogP contribution in [-0.2, 0) is 0 Å². The van der Waals surface area contributed by atoms with E-state index >= 15 is 0 Å². The Morgan fingerprint density at radius 3 is 2.71 bits per heavy atom. The van der Waals surface area contributed by atoms with Crippen molar-refractivity contribution in [3.05, 3.63) is 65.7 Å². The second-order valence-corrected chi connectivity index (χ2v) is 6.21. The molecule has 2 N–H and O–H groups in total. The van der Waals surface area contributed by atoms with Crippen molar-refractivity contribution in [1.82, 2.24) is 5.32 Å². The van der Waals surface area contributed by atoms with Gasteiger partial charge in [-0.3, -0.25) is 0 Å². The second kappa shape index (κ2) is 9.54. The lowest BCUT2D eigenvalue weighted by Gasteiger charge is -2.10. The van der Waals surface area contributed by atoms with Crippen LogP contribution in [0.3, 0.4) is 0 Å². The van der Waals surface area contributed by atoms with Gasteiger partial charge in [0.1, 0.15) is 18.1 Å².